The Morgan fingerprint density at radius 3 is 2.10 bits per heavy atom. The highest BCUT2D eigenvalue weighted by atomic mass is 15.3. The lowest BCUT2D eigenvalue weighted by atomic mass is 10.3. The van der Waals surface area contributed by atoms with Crippen molar-refractivity contribution >= 4 is 0 Å². The summed E-state index contributed by atoms with van der Waals surface area (Å²) in [6, 6.07) is 0.497. The lowest BCUT2D eigenvalue weighted by molar-refractivity contribution is 0.210. The molecule has 0 amide bonds. The third-order valence-electron chi connectivity index (χ3n) is 2.34. The average molecular weight is 138 g/mol. The third-order valence-corrected chi connectivity index (χ3v) is 2.34. The molecule has 0 bridgehead atoms. The number of nitrogens with zero attached hydrogens (tertiary/aromatic N) is 2. The van der Waals surface area contributed by atoms with Gasteiger partial charge in [-0.2, -0.15) is 0 Å². The first-order valence-electron chi connectivity index (χ1n) is 3.74. The minimum Gasteiger partial charge on any atom is -0.293 e. The molecule has 1 aliphatic carbocycles. The average Bonchev–Trinajstić information content (AvgIpc) is 2.66. The van der Waals surface area contributed by atoms with E-state index in [-0.39, 0.29) is 5.66 Å². The Hall–Kier alpha value is -0.550. The fraction of sp³-hybridized carbons (Fsp3) is 0.875. The summed E-state index contributed by atoms with van der Waals surface area (Å²) in [5, 5.41) is 0. The van der Waals surface area contributed by atoms with Gasteiger partial charge in [-0.25, -0.2) is 11.5 Å². The van der Waals surface area contributed by atoms with Crippen LogP contribution in [0.4, 0.5) is 0 Å². The van der Waals surface area contributed by atoms with E-state index in [0.29, 0.717) is 6.04 Å². The van der Waals surface area contributed by atoms with E-state index in [1.54, 1.807) is 0 Å². The molecule has 1 aliphatic rings. The van der Waals surface area contributed by atoms with Crippen molar-refractivity contribution in [2.75, 3.05) is 7.05 Å². The SMILES string of the molecule is [C-]#[N+]C1(N(C)C(C)C)CC1. The largest absolute Gasteiger partial charge is 0.293 e. The van der Waals surface area contributed by atoms with Gasteiger partial charge in [0.1, 0.15) is 0 Å². The maximum atomic E-state index is 6.98. The molecule has 0 atom stereocenters. The maximum Gasteiger partial charge on any atom is 0.289 e. The highest BCUT2D eigenvalue weighted by Crippen LogP contribution is 2.43. The van der Waals surface area contributed by atoms with E-state index in [0.717, 1.165) is 12.8 Å². The van der Waals surface area contributed by atoms with Crippen LogP contribution in [0.2, 0.25) is 0 Å². The second-order valence-electron chi connectivity index (χ2n) is 3.30. The Labute approximate surface area is 62.7 Å². The molecule has 1 fully saturated rings. The predicted octanol–water partition coefficient (Wildman–Crippen LogP) is 1.74. The van der Waals surface area contributed by atoms with Crippen LogP contribution in [0, 0.1) is 6.57 Å². The first kappa shape index (κ1) is 7.56. The molecule has 1 rings (SSSR count). The van der Waals surface area contributed by atoms with E-state index in [2.05, 4.69) is 23.6 Å². The molecule has 0 saturated heterocycles. The molecule has 56 valence electrons. The normalized spacial score (nSPS) is 21.2. The van der Waals surface area contributed by atoms with Crippen LogP contribution in [0.15, 0.2) is 0 Å². The Kier molecular flexibility index (Phi) is 1.70. The molecule has 0 aromatic heterocycles. The molecule has 10 heavy (non-hydrogen) atoms. The fourth-order valence-corrected chi connectivity index (χ4v) is 1.14. The zero-order valence-corrected chi connectivity index (χ0v) is 6.89. The Morgan fingerprint density at radius 1 is 1.50 bits per heavy atom. The van der Waals surface area contributed by atoms with E-state index in [9.17, 15) is 0 Å². The zero-order chi connectivity index (χ0) is 7.78. The van der Waals surface area contributed by atoms with Crippen LogP contribution in [0.1, 0.15) is 26.7 Å². The lowest BCUT2D eigenvalue weighted by Gasteiger charge is -2.21. The van der Waals surface area contributed by atoms with Crippen LogP contribution in [0.25, 0.3) is 4.85 Å². The standard InChI is InChI=1S/C8H14N2/c1-7(2)10(4)8(9-3)5-6-8/h7H,5-6H2,1-2,4H3. The Bertz CT molecular complexity index is 163. The topological polar surface area (TPSA) is 7.60 Å². The molecule has 0 radical (unpaired) electrons. The van der Waals surface area contributed by atoms with Crippen molar-refractivity contribution in [1.82, 2.24) is 4.90 Å². The van der Waals surface area contributed by atoms with E-state index < -0.39 is 0 Å². The highest BCUT2D eigenvalue weighted by Gasteiger charge is 2.55. The van der Waals surface area contributed by atoms with Crippen LogP contribution in [0.5, 0.6) is 0 Å². The minimum absolute atomic E-state index is 0.103. The molecule has 0 spiro atoms. The van der Waals surface area contributed by atoms with Gasteiger partial charge in [-0.05, 0) is 20.9 Å². The van der Waals surface area contributed by atoms with Gasteiger partial charge < -0.3 is 0 Å². The number of hydrogen-bond donors (Lipinski definition) is 0. The predicted molar refractivity (Wildman–Crippen MR) is 41.5 cm³/mol. The van der Waals surface area contributed by atoms with E-state index in [1.807, 2.05) is 7.05 Å². The van der Waals surface area contributed by atoms with Gasteiger partial charge in [0.25, 0.3) is 5.66 Å². The molecule has 0 unspecified atom stereocenters. The summed E-state index contributed by atoms with van der Waals surface area (Å²) in [6.07, 6.45) is 2.12. The minimum atomic E-state index is -0.103. The summed E-state index contributed by atoms with van der Waals surface area (Å²) in [5.74, 6) is 0. The zero-order valence-electron chi connectivity index (χ0n) is 6.89. The highest BCUT2D eigenvalue weighted by molar-refractivity contribution is 5.09. The van der Waals surface area contributed by atoms with E-state index in [1.165, 1.54) is 0 Å². The Morgan fingerprint density at radius 2 is 2.00 bits per heavy atom. The summed E-state index contributed by atoms with van der Waals surface area (Å²) in [4.78, 5) is 5.80. The maximum absolute atomic E-state index is 6.98. The molecule has 0 aliphatic heterocycles. The molecule has 0 N–H and O–H groups in total. The Balaban J connectivity index is 2.58. The molecule has 0 aromatic carbocycles. The van der Waals surface area contributed by atoms with Gasteiger partial charge in [0, 0.05) is 6.04 Å². The van der Waals surface area contributed by atoms with Crippen molar-refractivity contribution in [3.63, 3.8) is 0 Å². The smallest absolute Gasteiger partial charge is 0.289 e. The summed E-state index contributed by atoms with van der Waals surface area (Å²) < 4.78 is 0. The van der Waals surface area contributed by atoms with Crippen LogP contribution >= 0.6 is 0 Å². The van der Waals surface area contributed by atoms with Crippen molar-refractivity contribution < 1.29 is 0 Å². The van der Waals surface area contributed by atoms with E-state index >= 15 is 0 Å². The van der Waals surface area contributed by atoms with E-state index in [4.69, 9.17) is 6.57 Å². The van der Waals surface area contributed by atoms with Gasteiger partial charge in [-0.3, -0.25) is 4.85 Å². The summed E-state index contributed by atoms with van der Waals surface area (Å²) >= 11 is 0. The van der Waals surface area contributed by atoms with Crippen LogP contribution in [-0.4, -0.2) is 23.7 Å². The summed E-state index contributed by atoms with van der Waals surface area (Å²) in [5.41, 5.74) is -0.103. The van der Waals surface area contributed by atoms with Crippen molar-refractivity contribution in [1.29, 1.82) is 0 Å². The van der Waals surface area contributed by atoms with Gasteiger partial charge in [-0.1, -0.05) is 0 Å². The van der Waals surface area contributed by atoms with Gasteiger partial charge in [0.05, 0.1) is 12.8 Å². The molecule has 1 saturated carbocycles. The molecular formula is C8H14N2. The van der Waals surface area contributed by atoms with Crippen LogP contribution in [0.3, 0.4) is 0 Å². The monoisotopic (exact) mass is 138 g/mol. The molecule has 0 heterocycles. The lowest BCUT2D eigenvalue weighted by Crippen LogP contribution is -2.36. The van der Waals surface area contributed by atoms with Crippen molar-refractivity contribution in [3.05, 3.63) is 11.4 Å². The van der Waals surface area contributed by atoms with Gasteiger partial charge in [0.15, 0.2) is 0 Å². The third kappa shape index (κ3) is 1.02. The van der Waals surface area contributed by atoms with Crippen LogP contribution < -0.4 is 0 Å². The second-order valence-corrected chi connectivity index (χ2v) is 3.30. The molecule has 2 heteroatoms. The number of rotatable bonds is 2. The summed E-state index contributed by atoms with van der Waals surface area (Å²) in [7, 11) is 2.04. The summed E-state index contributed by atoms with van der Waals surface area (Å²) in [6.45, 7) is 11.2. The van der Waals surface area contributed by atoms with Gasteiger partial charge in [0.2, 0.25) is 0 Å². The molecule has 2 nitrogen and oxygen atoms in total. The van der Waals surface area contributed by atoms with Crippen molar-refractivity contribution in [3.8, 4) is 0 Å². The molecule has 0 aromatic rings. The van der Waals surface area contributed by atoms with Crippen molar-refractivity contribution in [2.45, 2.75) is 38.4 Å². The van der Waals surface area contributed by atoms with Crippen molar-refractivity contribution in [2.24, 2.45) is 0 Å². The van der Waals surface area contributed by atoms with Gasteiger partial charge >= 0.3 is 0 Å². The second kappa shape index (κ2) is 2.25. The molecular weight excluding hydrogens is 124 g/mol. The van der Waals surface area contributed by atoms with Crippen LogP contribution in [-0.2, 0) is 0 Å². The quantitative estimate of drug-likeness (QED) is 0.527. The number of hydrogen-bond acceptors (Lipinski definition) is 1. The first-order valence-corrected chi connectivity index (χ1v) is 3.74. The fourth-order valence-electron chi connectivity index (χ4n) is 1.14. The van der Waals surface area contributed by atoms with Gasteiger partial charge in [-0.15, -0.1) is 0 Å². The first-order chi connectivity index (χ1) is 4.62.